The summed E-state index contributed by atoms with van der Waals surface area (Å²) in [4.78, 5) is 24.7. The molecule has 0 aliphatic rings. The third kappa shape index (κ3) is 6.29. The van der Waals surface area contributed by atoms with Crippen molar-refractivity contribution in [3.05, 3.63) is 0 Å². The van der Waals surface area contributed by atoms with Crippen LogP contribution < -0.4 is 0 Å². The van der Waals surface area contributed by atoms with Crippen LogP contribution in [-0.4, -0.2) is 36.0 Å². The van der Waals surface area contributed by atoms with Crippen LogP contribution in [0.4, 0.5) is 0 Å². The van der Waals surface area contributed by atoms with Crippen LogP contribution in [0.1, 0.15) is 53.4 Å². The van der Waals surface area contributed by atoms with Crippen LogP contribution in [-0.2, 0) is 14.3 Å². The van der Waals surface area contributed by atoms with E-state index in [1.165, 1.54) is 7.11 Å². The third-order valence-electron chi connectivity index (χ3n) is 2.65. The quantitative estimate of drug-likeness (QED) is 0.509. The summed E-state index contributed by atoms with van der Waals surface area (Å²) in [6, 6.07) is 0.450. The minimum atomic E-state index is -0.206. The van der Waals surface area contributed by atoms with Crippen molar-refractivity contribution in [1.29, 1.82) is 0 Å². The molecule has 0 aromatic heterocycles. The summed E-state index contributed by atoms with van der Waals surface area (Å²) in [5.41, 5.74) is 0. The highest BCUT2D eigenvalue weighted by molar-refractivity contribution is 5.76. The Morgan fingerprint density at radius 2 is 1.47 bits per heavy atom. The maximum atomic E-state index is 12.0. The van der Waals surface area contributed by atoms with Gasteiger partial charge in [-0.2, -0.15) is 0 Å². The van der Waals surface area contributed by atoms with Crippen molar-refractivity contribution < 1.29 is 14.3 Å². The normalized spacial score (nSPS) is 10.8. The van der Waals surface area contributed by atoms with E-state index in [1.54, 1.807) is 0 Å². The van der Waals surface area contributed by atoms with E-state index in [0.717, 1.165) is 6.42 Å². The number of amides is 1. The summed E-state index contributed by atoms with van der Waals surface area (Å²) < 4.78 is 4.55. The van der Waals surface area contributed by atoms with Crippen LogP contribution in [0.25, 0.3) is 0 Å². The van der Waals surface area contributed by atoms with Gasteiger partial charge in [-0.3, -0.25) is 9.59 Å². The van der Waals surface area contributed by atoms with E-state index in [0.29, 0.717) is 19.3 Å². The largest absolute Gasteiger partial charge is 0.469 e. The third-order valence-corrected chi connectivity index (χ3v) is 2.65. The second-order valence-corrected chi connectivity index (χ2v) is 4.77. The lowest BCUT2D eigenvalue weighted by molar-refractivity contribution is -0.141. The molecule has 0 N–H and O–H groups in total. The SMILES string of the molecule is COC(=O)CCCCC(=O)N(C(C)C)C(C)C. The van der Waals surface area contributed by atoms with Gasteiger partial charge in [-0.1, -0.05) is 0 Å². The minimum Gasteiger partial charge on any atom is -0.469 e. The molecule has 0 atom stereocenters. The molecule has 0 radical (unpaired) electrons. The number of carbonyl (C=O) groups excluding carboxylic acids is 2. The Hall–Kier alpha value is -1.06. The van der Waals surface area contributed by atoms with Gasteiger partial charge in [0.05, 0.1) is 7.11 Å². The maximum Gasteiger partial charge on any atom is 0.305 e. The van der Waals surface area contributed by atoms with Gasteiger partial charge in [-0.05, 0) is 40.5 Å². The zero-order valence-corrected chi connectivity index (χ0v) is 11.7. The highest BCUT2D eigenvalue weighted by Crippen LogP contribution is 2.10. The van der Waals surface area contributed by atoms with Crippen LogP contribution in [0.3, 0.4) is 0 Å². The summed E-state index contributed by atoms with van der Waals surface area (Å²) in [7, 11) is 1.38. The Labute approximate surface area is 104 Å². The molecule has 0 spiro atoms. The Balaban J connectivity index is 3.95. The van der Waals surface area contributed by atoms with Crippen molar-refractivity contribution in [2.24, 2.45) is 0 Å². The lowest BCUT2D eigenvalue weighted by Gasteiger charge is -2.30. The number of nitrogens with zero attached hydrogens (tertiary/aromatic N) is 1. The Kier molecular flexibility index (Phi) is 7.59. The van der Waals surface area contributed by atoms with Crippen molar-refractivity contribution in [1.82, 2.24) is 4.90 Å². The van der Waals surface area contributed by atoms with Gasteiger partial charge in [0.25, 0.3) is 0 Å². The van der Waals surface area contributed by atoms with Crippen LogP contribution in [0.2, 0.25) is 0 Å². The number of hydrogen-bond acceptors (Lipinski definition) is 3. The number of esters is 1. The molecular weight excluding hydrogens is 218 g/mol. The van der Waals surface area contributed by atoms with Crippen molar-refractivity contribution in [2.75, 3.05) is 7.11 Å². The molecule has 0 saturated heterocycles. The van der Waals surface area contributed by atoms with Crippen molar-refractivity contribution in [2.45, 2.75) is 65.5 Å². The van der Waals surface area contributed by atoms with Crippen LogP contribution in [0.15, 0.2) is 0 Å². The van der Waals surface area contributed by atoms with Crippen LogP contribution in [0.5, 0.6) is 0 Å². The molecule has 0 unspecified atom stereocenters. The first-order valence-corrected chi connectivity index (χ1v) is 6.28. The van der Waals surface area contributed by atoms with Gasteiger partial charge in [-0.25, -0.2) is 0 Å². The lowest BCUT2D eigenvalue weighted by Crippen LogP contribution is -2.41. The second-order valence-electron chi connectivity index (χ2n) is 4.77. The maximum absolute atomic E-state index is 12.0. The zero-order valence-electron chi connectivity index (χ0n) is 11.7. The highest BCUT2D eigenvalue weighted by atomic mass is 16.5. The predicted octanol–water partition coefficient (Wildman–Crippen LogP) is 2.37. The van der Waals surface area contributed by atoms with Gasteiger partial charge in [0.15, 0.2) is 0 Å². The van der Waals surface area contributed by atoms with Crippen molar-refractivity contribution in [3.8, 4) is 0 Å². The minimum absolute atomic E-state index is 0.167. The molecule has 0 bridgehead atoms. The van der Waals surface area contributed by atoms with Gasteiger partial charge >= 0.3 is 5.97 Å². The first-order valence-electron chi connectivity index (χ1n) is 6.28. The van der Waals surface area contributed by atoms with Crippen LogP contribution >= 0.6 is 0 Å². The smallest absolute Gasteiger partial charge is 0.305 e. The number of methoxy groups -OCH3 is 1. The van der Waals surface area contributed by atoms with Gasteiger partial charge < -0.3 is 9.64 Å². The molecule has 0 aromatic carbocycles. The molecule has 17 heavy (non-hydrogen) atoms. The van der Waals surface area contributed by atoms with Gasteiger partial charge in [0.1, 0.15) is 0 Å². The van der Waals surface area contributed by atoms with Crippen molar-refractivity contribution >= 4 is 11.9 Å². The molecular formula is C13H25NO3. The predicted molar refractivity (Wildman–Crippen MR) is 67.6 cm³/mol. The second kappa shape index (κ2) is 8.09. The van der Waals surface area contributed by atoms with E-state index < -0.39 is 0 Å². The molecule has 0 aliphatic heterocycles. The fourth-order valence-corrected chi connectivity index (χ4v) is 1.95. The topological polar surface area (TPSA) is 46.6 Å². The Morgan fingerprint density at radius 1 is 1.00 bits per heavy atom. The van der Waals surface area contributed by atoms with E-state index >= 15 is 0 Å². The number of rotatable bonds is 7. The fraction of sp³-hybridized carbons (Fsp3) is 0.846. The average molecular weight is 243 g/mol. The molecule has 4 nitrogen and oxygen atoms in total. The first-order chi connectivity index (χ1) is 7.90. The average Bonchev–Trinajstić information content (AvgIpc) is 2.22. The molecule has 0 heterocycles. The number of ether oxygens (including phenoxy) is 1. The number of hydrogen-bond donors (Lipinski definition) is 0. The fourth-order valence-electron chi connectivity index (χ4n) is 1.95. The summed E-state index contributed by atoms with van der Waals surface area (Å²) in [5, 5.41) is 0. The summed E-state index contributed by atoms with van der Waals surface area (Å²) in [6.07, 6.45) is 2.35. The molecule has 1 amide bonds. The van der Waals surface area contributed by atoms with E-state index in [2.05, 4.69) is 4.74 Å². The van der Waals surface area contributed by atoms with E-state index in [1.807, 2.05) is 32.6 Å². The molecule has 0 aliphatic carbocycles. The molecule has 0 fully saturated rings. The molecule has 0 saturated carbocycles. The highest BCUT2D eigenvalue weighted by Gasteiger charge is 2.19. The van der Waals surface area contributed by atoms with Gasteiger partial charge in [-0.15, -0.1) is 0 Å². The standard InChI is InChI=1S/C13H25NO3/c1-10(2)14(11(3)4)12(15)8-6-7-9-13(16)17-5/h10-11H,6-9H2,1-5H3. The Bertz CT molecular complexity index is 241. The molecule has 0 aromatic rings. The van der Waals surface area contributed by atoms with E-state index in [4.69, 9.17) is 0 Å². The van der Waals surface area contributed by atoms with Gasteiger partial charge in [0.2, 0.25) is 5.91 Å². The Morgan fingerprint density at radius 3 is 1.88 bits per heavy atom. The zero-order chi connectivity index (χ0) is 13.4. The number of unbranched alkanes of at least 4 members (excludes halogenated alkanes) is 1. The summed E-state index contributed by atoms with van der Waals surface area (Å²) >= 11 is 0. The summed E-state index contributed by atoms with van der Waals surface area (Å²) in [5.74, 6) is -0.0399. The first kappa shape index (κ1) is 15.9. The van der Waals surface area contributed by atoms with E-state index in [-0.39, 0.29) is 24.0 Å². The van der Waals surface area contributed by atoms with Crippen molar-refractivity contribution in [3.63, 3.8) is 0 Å². The molecule has 100 valence electrons. The number of carbonyl (C=O) groups is 2. The summed E-state index contributed by atoms with van der Waals surface area (Å²) in [6.45, 7) is 8.08. The molecule has 0 rings (SSSR count). The lowest BCUT2D eigenvalue weighted by atomic mass is 10.1. The monoisotopic (exact) mass is 243 g/mol. The van der Waals surface area contributed by atoms with Crippen LogP contribution in [0, 0.1) is 0 Å². The molecule has 4 heteroatoms. The van der Waals surface area contributed by atoms with E-state index in [9.17, 15) is 9.59 Å². The van der Waals surface area contributed by atoms with Gasteiger partial charge in [0, 0.05) is 24.9 Å².